The fraction of sp³-hybridized carbons (Fsp3) is 0.429. The van der Waals surface area contributed by atoms with E-state index in [1.807, 2.05) is 6.07 Å². The second kappa shape index (κ2) is 5.65. The van der Waals surface area contributed by atoms with Gasteiger partial charge in [-0.25, -0.2) is 4.98 Å². The summed E-state index contributed by atoms with van der Waals surface area (Å²) in [6.45, 7) is 0.988. The fourth-order valence-corrected chi connectivity index (χ4v) is 2.77. The Morgan fingerprint density at radius 2 is 2.11 bits per heavy atom. The van der Waals surface area contributed by atoms with Crippen molar-refractivity contribution >= 4 is 17.4 Å². The van der Waals surface area contributed by atoms with E-state index in [0.29, 0.717) is 5.92 Å². The molecule has 100 valence electrons. The SMILES string of the molecule is CN(CCSc1n[nH]c(C2CC2)n1)c1ccccc1. The number of aromatic amines is 1. The molecule has 3 rings (SSSR count). The van der Waals surface area contributed by atoms with Gasteiger partial charge in [0.05, 0.1) is 0 Å². The lowest BCUT2D eigenvalue weighted by atomic mass is 10.3. The van der Waals surface area contributed by atoms with Gasteiger partial charge in [-0.05, 0) is 25.0 Å². The number of anilines is 1. The minimum Gasteiger partial charge on any atom is -0.374 e. The van der Waals surface area contributed by atoms with Crippen LogP contribution in [0.5, 0.6) is 0 Å². The van der Waals surface area contributed by atoms with Crippen LogP contribution in [0.2, 0.25) is 0 Å². The van der Waals surface area contributed by atoms with Crippen LogP contribution < -0.4 is 4.90 Å². The van der Waals surface area contributed by atoms with Crippen molar-refractivity contribution in [3.8, 4) is 0 Å². The first kappa shape index (κ1) is 12.5. The van der Waals surface area contributed by atoms with Gasteiger partial charge < -0.3 is 4.90 Å². The highest BCUT2D eigenvalue weighted by atomic mass is 32.2. The van der Waals surface area contributed by atoms with Gasteiger partial charge in [-0.15, -0.1) is 5.10 Å². The van der Waals surface area contributed by atoms with E-state index in [4.69, 9.17) is 0 Å². The van der Waals surface area contributed by atoms with Crippen molar-refractivity contribution in [1.82, 2.24) is 15.2 Å². The van der Waals surface area contributed by atoms with Crippen molar-refractivity contribution in [1.29, 1.82) is 0 Å². The minimum absolute atomic E-state index is 0.647. The molecule has 5 heteroatoms. The normalized spacial score (nSPS) is 14.6. The molecule has 1 aromatic carbocycles. The Kier molecular flexibility index (Phi) is 3.73. The van der Waals surface area contributed by atoms with Gasteiger partial charge in [0.1, 0.15) is 5.82 Å². The number of nitrogens with zero attached hydrogens (tertiary/aromatic N) is 3. The van der Waals surface area contributed by atoms with E-state index in [0.717, 1.165) is 23.3 Å². The van der Waals surface area contributed by atoms with E-state index in [1.165, 1.54) is 18.5 Å². The van der Waals surface area contributed by atoms with Crippen molar-refractivity contribution < 1.29 is 0 Å². The molecule has 1 N–H and O–H groups in total. The molecule has 0 saturated heterocycles. The van der Waals surface area contributed by atoms with Crippen LogP contribution in [0.15, 0.2) is 35.5 Å². The van der Waals surface area contributed by atoms with Crippen LogP contribution in [-0.2, 0) is 0 Å². The molecule has 2 aromatic rings. The molecular formula is C14H18N4S. The molecule has 0 radical (unpaired) electrons. The molecule has 0 bridgehead atoms. The van der Waals surface area contributed by atoms with Gasteiger partial charge in [0, 0.05) is 31.0 Å². The molecule has 0 atom stereocenters. The fourth-order valence-electron chi connectivity index (χ4n) is 1.95. The minimum atomic E-state index is 0.647. The van der Waals surface area contributed by atoms with Gasteiger partial charge in [0.2, 0.25) is 5.16 Å². The van der Waals surface area contributed by atoms with E-state index >= 15 is 0 Å². The molecular weight excluding hydrogens is 256 g/mol. The molecule has 1 saturated carbocycles. The van der Waals surface area contributed by atoms with Crippen LogP contribution >= 0.6 is 11.8 Å². The van der Waals surface area contributed by atoms with Gasteiger partial charge in [-0.1, -0.05) is 30.0 Å². The van der Waals surface area contributed by atoms with E-state index in [1.54, 1.807) is 11.8 Å². The van der Waals surface area contributed by atoms with Crippen LogP contribution in [-0.4, -0.2) is 34.5 Å². The second-order valence-electron chi connectivity index (χ2n) is 4.88. The Hall–Kier alpha value is -1.49. The standard InChI is InChI=1S/C14H18N4S/c1-18(12-5-3-2-4-6-12)9-10-19-14-15-13(16-17-14)11-7-8-11/h2-6,11H,7-10H2,1H3,(H,15,16,17). The van der Waals surface area contributed by atoms with Gasteiger partial charge in [0.25, 0.3) is 0 Å². The number of thioether (sulfide) groups is 1. The lowest BCUT2D eigenvalue weighted by Crippen LogP contribution is -2.20. The smallest absolute Gasteiger partial charge is 0.208 e. The van der Waals surface area contributed by atoms with Crippen molar-refractivity contribution in [2.75, 3.05) is 24.2 Å². The first-order chi connectivity index (χ1) is 9.33. The molecule has 19 heavy (non-hydrogen) atoms. The van der Waals surface area contributed by atoms with Crippen molar-refractivity contribution in [2.45, 2.75) is 23.9 Å². The highest BCUT2D eigenvalue weighted by molar-refractivity contribution is 7.99. The molecule has 0 spiro atoms. The first-order valence-electron chi connectivity index (χ1n) is 6.64. The number of hydrogen-bond acceptors (Lipinski definition) is 4. The zero-order valence-corrected chi connectivity index (χ0v) is 11.9. The predicted molar refractivity (Wildman–Crippen MR) is 78.8 cm³/mol. The highest BCUT2D eigenvalue weighted by Crippen LogP contribution is 2.38. The molecule has 1 heterocycles. The molecule has 0 amide bonds. The summed E-state index contributed by atoms with van der Waals surface area (Å²) in [4.78, 5) is 6.77. The summed E-state index contributed by atoms with van der Waals surface area (Å²) >= 11 is 1.71. The Morgan fingerprint density at radius 1 is 1.32 bits per heavy atom. The average molecular weight is 274 g/mol. The van der Waals surface area contributed by atoms with E-state index in [-0.39, 0.29) is 0 Å². The van der Waals surface area contributed by atoms with Gasteiger partial charge in [-0.3, -0.25) is 5.10 Å². The average Bonchev–Trinajstić information content (AvgIpc) is 3.20. The maximum atomic E-state index is 4.52. The Bertz CT molecular complexity index is 521. The summed E-state index contributed by atoms with van der Waals surface area (Å²) in [5, 5.41) is 8.18. The second-order valence-corrected chi connectivity index (χ2v) is 5.95. The Balaban J connectivity index is 1.47. The summed E-state index contributed by atoms with van der Waals surface area (Å²) in [7, 11) is 2.11. The summed E-state index contributed by atoms with van der Waals surface area (Å²) in [5.74, 6) is 2.71. The molecule has 1 aliphatic rings. The third-order valence-corrected chi connectivity index (χ3v) is 4.13. The van der Waals surface area contributed by atoms with Gasteiger partial charge in [0.15, 0.2) is 0 Å². The lowest BCUT2D eigenvalue weighted by Gasteiger charge is -2.18. The summed E-state index contributed by atoms with van der Waals surface area (Å²) in [5.41, 5.74) is 1.25. The zero-order chi connectivity index (χ0) is 13.1. The van der Waals surface area contributed by atoms with Crippen molar-refractivity contribution in [3.05, 3.63) is 36.2 Å². The summed E-state index contributed by atoms with van der Waals surface area (Å²) < 4.78 is 0. The zero-order valence-electron chi connectivity index (χ0n) is 11.0. The number of hydrogen-bond donors (Lipinski definition) is 1. The van der Waals surface area contributed by atoms with E-state index in [9.17, 15) is 0 Å². The molecule has 1 fully saturated rings. The monoisotopic (exact) mass is 274 g/mol. The molecule has 4 nitrogen and oxygen atoms in total. The van der Waals surface area contributed by atoms with Crippen LogP contribution in [0, 0.1) is 0 Å². The molecule has 0 unspecified atom stereocenters. The lowest BCUT2D eigenvalue weighted by molar-refractivity contribution is 0.931. The number of benzene rings is 1. The molecule has 0 aliphatic heterocycles. The van der Waals surface area contributed by atoms with Crippen LogP contribution in [0.25, 0.3) is 0 Å². The number of nitrogens with one attached hydrogen (secondary N) is 1. The third kappa shape index (κ3) is 3.29. The molecule has 1 aromatic heterocycles. The summed E-state index contributed by atoms with van der Waals surface area (Å²) in [6, 6.07) is 10.4. The largest absolute Gasteiger partial charge is 0.374 e. The van der Waals surface area contributed by atoms with Crippen LogP contribution in [0.1, 0.15) is 24.6 Å². The van der Waals surface area contributed by atoms with Crippen molar-refractivity contribution in [2.24, 2.45) is 0 Å². The maximum absolute atomic E-state index is 4.52. The number of rotatable bonds is 6. The van der Waals surface area contributed by atoms with Gasteiger partial charge >= 0.3 is 0 Å². The Labute approximate surface area is 117 Å². The van der Waals surface area contributed by atoms with Crippen LogP contribution in [0.3, 0.4) is 0 Å². The van der Waals surface area contributed by atoms with E-state index < -0.39 is 0 Å². The number of para-hydroxylation sites is 1. The maximum Gasteiger partial charge on any atom is 0.208 e. The first-order valence-corrected chi connectivity index (χ1v) is 7.63. The van der Waals surface area contributed by atoms with Crippen LogP contribution in [0.4, 0.5) is 5.69 Å². The number of H-pyrrole nitrogens is 1. The predicted octanol–water partition coefficient (Wildman–Crippen LogP) is 2.91. The highest BCUT2D eigenvalue weighted by Gasteiger charge is 2.27. The Morgan fingerprint density at radius 3 is 2.84 bits per heavy atom. The molecule has 1 aliphatic carbocycles. The third-order valence-electron chi connectivity index (χ3n) is 3.30. The van der Waals surface area contributed by atoms with E-state index in [2.05, 4.69) is 51.4 Å². The van der Waals surface area contributed by atoms with Crippen molar-refractivity contribution in [3.63, 3.8) is 0 Å². The summed E-state index contributed by atoms with van der Waals surface area (Å²) in [6.07, 6.45) is 2.52. The number of aromatic nitrogens is 3. The van der Waals surface area contributed by atoms with Gasteiger partial charge in [-0.2, -0.15) is 0 Å². The quantitative estimate of drug-likeness (QED) is 0.823. The topological polar surface area (TPSA) is 44.8 Å².